The van der Waals surface area contributed by atoms with E-state index in [1.54, 1.807) is 0 Å². The third-order valence-corrected chi connectivity index (χ3v) is 19.9. The van der Waals surface area contributed by atoms with E-state index in [1.807, 2.05) is 0 Å². The van der Waals surface area contributed by atoms with Gasteiger partial charge in [0.2, 0.25) is 0 Å². The topological polar surface area (TPSA) is 237 Å². The molecular weight excluding hydrogens is 1230 g/mol. The van der Waals surface area contributed by atoms with Gasteiger partial charge < -0.3 is 33.8 Å². The van der Waals surface area contributed by atoms with Gasteiger partial charge in [0.05, 0.1) is 26.4 Å². The zero-order chi connectivity index (χ0) is 69.6. The SMILES string of the molecule is CCC(C)CCCCCCCCCCCCCCCCC(=O)O[C@H](COC(=O)CCCCCCCCCCC(C)CC)COP(=O)(O)OC[C@@H](O)COP(=O)(O)OC[C@@H](COC(=O)CCCCCCCCC(C)C)OC(=O)CCCCCCCCCCCCCCC(C)C. The van der Waals surface area contributed by atoms with Crippen LogP contribution in [0.1, 0.15) is 376 Å². The van der Waals surface area contributed by atoms with Crippen LogP contribution in [-0.4, -0.2) is 96.7 Å². The highest BCUT2D eigenvalue weighted by molar-refractivity contribution is 7.47. The lowest BCUT2D eigenvalue weighted by atomic mass is 9.99. The molecule has 94 heavy (non-hydrogen) atoms. The van der Waals surface area contributed by atoms with Crippen LogP contribution >= 0.6 is 15.6 Å². The first-order chi connectivity index (χ1) is 45.2. The first-order valence-electron chi connectivity index (χ1n) is 38.8. The Hall–Kier alpha value is -1.94. The van der Waals surface area contributed by atoms with Gasteiger partial charge in [0.25, 0.3) is 0 Å². The van der Waals surface area contributed by atoms with Gasteiger partial charge in [-0.3, -0.25) is 37.3 Å². The lowest BCUT2D eigenvalue weighted by Crippen LogP contribution is -2.30. The van der Waals surface area contributed by atoms with Crippen LogP contribution in [0.5, 0.6) is 0 Å². The Morgan fingerprint density at radius 1 is 0.298 bits per heavy atom. The largest absolute Gasteiger partial charge is 0.472 e. The predicted molar refractivity (Wildman–Crippen MR) is 381 cm³/mol. The van der Waals surface area contributed by atoms with E-state index < -0.39 is 97.5 Å². The number of aliphatic hydroxyl groups is 1. The van der Waals surface area contributed by atoms with Crippen molar-refractivity contribution in [2.75, 3.05) is 39.6 Å². The van der Waals surface area contributed by atoms with Gasteiger partial charge in [0.15, 0.2) is 12.2 Å². The fraction of sp³-hybridized carbons (Fsp3) is 0.947. The third-order valence-electron chi connectivity index (χ3n) is 18.0. The number of rotatable bonds is 72. The number of phosphoric acid groups is 2. The number of phosphoric ester groups is 2. The molecule has 0 aromatic heterocycles. The number of aliphatic hydroxyl groups excluding tert-OH is 1. The summed E-state index contributed by atoms with van der Waals surface area (Å²) < 4.78 is 68.5. The van der Waals surface area contributed by atoms with Gasteiger partial charge in [-0.05, 0) is 49.4 Å². The zero-order valence-electron chi connectivity index (χ0n) is 61.6. The Morgan fingerprint density at radius 3 is 0.755 bits per heavy atom. The minimum atomic E-state index is -4.96. The van der Waals surface area contributed by atoms with Crippen molar-refractivity contribution in [2.45, 2.75) is 395 Å². The summed E-state index contributed by atoms with van der Waals surface area (Å²) in [6, 6.07) is 0. The summed E-state index contributed by atoms with van der Waals surface area (Å²) in [5.74, 6) is 0.955. The molecule has 0 saturated carbocycles. The fourth-order valence-electron chi connectivity index (χ4n) is 11.3. The monoisotopic (exact) mass is 1380 g/mol. The normalized spacial score (nSPS) is 14.7. The van der Waals surface area contributed by atoms with Gasteiger partial charge in [-0.25, -0.2) is 9.13 Å². The number of unbranched alkanes of at least 4 members (excludes halogenated alkanes) is 36. The average molecular weight is 1380 g/mol. The molecule has 0 fully saturated rings. The van der Waals surface area contributed by atoms with Crippen molar-refractivity contribution in [2.24, 2.45) is 23.7 Å². The molecule has 0 aliphatic heterocycles. The second kappa shape index (κ2) is 64.4. The van der Waals surface area contributed by atoms with Crippen molar-refractivity contribution < 1.29 is 80.2 Å². The summed E-state index contributed by atoms with van der Waals surface area (Å²) in [4.78, 5) is 72.7. The van der Waals surface area contributed by atoms with Gasteiger partial charge in [-0.15, -0.1) is 0 Å². The molecule has 3 N–H and O–H groups in total. The van der Waals surface area contributed by atoms with Crippen LogP contribution in [0, 0.1) is 23.7 Å². The number of carbonyl (C=O) groups is 4. The molecule has 4 unspecified atom stereocenters. The van der Waals surface area contributed by atoms with Crippen molar-refractivity contribution in [1.82, 2.24) is 0 Å². The Kier molecular flexibility index (Phi) is 63.1. The summed E-state index contributed by atoms with van der Waals surface area (Å²) in [6.07, 6.45) is 48.6. The summed E-state index contributed by atoms with van der Waals surface area (Å²) in [6.45, 7) is 14.2. The maximum atomic E-state index is 13.1. The van der Waals surface area contributed by atoms with E-state index >= 15 is 0 Å². The molecular formula is C75H146O17P2. The maximum absolute atomic E-state index is 13.1. The van der Waals surface area contributed by atoms with Gasteiger partial charge in [-0.1, -0.05) is 325 Å². The molecule has 0 rings (SSSR count). The molecule has 0 aliphatic carbocycles. The van der Waals surface area contributed by atoms with Crippen LogP contribution in [0.15, 0.2) is 0 Å². The Labute approximate surface area is 575 Å². The Balaban J connectivity index is 5.23. The molecule has 0 radical (unpaired) electrons. The highest BCUT2D eigenvalue weighted by Gasteiger charge is 2.30. The van der Waals surface area contributed by atoms with Crippen molar-refractivity contribution in [3.05, 3.63) is 0 Å². The van der Waals surface area contributed by atoms with E-state index in [-0.39, 0.29) is 25.7 Å². The number of ether oxygens (including phenoxy) is 4. The van der Waals surface area contributed by atoms with Crippen molar-refractivity contribution in [3.63, 3.8) is 0 Å². The van der Waals surface area contributed by atoms with E-state index in [4.69, 9.17) is 37.0 Å². The van der Waals surface area contributed by atoms with Gasteiger partial charge in [0.1, 0.15) is 19.3 Å². The van der Waals surface area contributed by atoms with Crippen LogP contribution < -0.4 is 0 Å². The zero-order valence-corrected chi connectivity index (χ0v) is 63.4. The van der Waals surface area contributed by atoms with Gasteiger partial charge in [-0.2, -0.15) is 0 Å². The Bertz CT molecular complexity index is 1850. The molecule has 0 aliphatic rings. The quantitative estimate of drug-likeness (QED) is 0.0222. The second-order valence-corrected chi connectivity index (χ2v) is 31.4. The molecule has 0 aromatic carbocycles. The smallest absolute Gasteiger partial charge is 0.462 e. The summed E-state index contributed by atoms with van der Waals surface area (Å²) in [5.41, 5.74) is 0. The van der Waals surface area contributed by atoms with Gasteiger partial charge >= 0.3 is 39.5 Å². The van der Waals surface area contributed by atoms with Crippen LogP contribution in [0.2, 0.25) is 0 Å². The molecule has 7 atom stereocenters. The fourth-order valence-corrected chi connectivity index (χ4v) is 12.9. The summed E-state index contributed by atoms with van der Waals surface area (Å²) in [7, 11) is -9.91. The predicted octanol–water partition coefficient (Wildman–Crippen LogP) is 21.7. The van der Waals surface area contributed by atoms with Crippen molar-refractivity contribution >= 4 is 39.5 Å². The van der Waals surface area contributed by atoms with E-state index in [1.165, 1.54) is 173 Å². The minimum absolute atomic E-state index is 0.105. The maximum Gasteiger partial charge on any atom is 0.472 e. The van der Waals surface area contributed by atoms with E-state index in [0.29, 0.717) is 31.6 Å². The summed E-state index contributed by atoms with van der Waals surface area (Å²) >= 11 is 0. The summed E-state index contributed by atoms with van der Waals surface area (Å²) in [5, 5.41) is 10.6. The van der Waals surface area contributed by atoms with Crippen LogP contribution in [0.4, 0.5) is 0 Å². The first kappa shape index (κ1) is 92.1. The molecule has 0 bridgehead atoms. The molecule has 0 aromatic rings. The second-order valence-electron chi connectivity index (χ2n) is 28.5. The van der Waals surface area contributed by atoms with Crippen LogP contribution in [0.25, 0.3) is 0 Å². The first-order valence-corrected chi connectivity index (χ1v) is 41.8. The van der Waals surface area contributed by atoms with Crippen molar-refractivity contribution in [3.8, 4) is 0 Å². The van der Waals surface area contributed by atoms with E-state index in [0.717, 1.165) is 114 Å². The van der Waals surface area contributed by atoms with Crippen LogP contribution in [0.3, 0.4) is 0 Å². The number of carbonyl (C=O) groups excluding carboxylic acids is 4. The number of hydrogen-bond acceptors (Lipinski definition) is 15. The molecule has 558 valence electrons. The highest BCUT2D eigenvalue weighted by Crippen LogP contribution is 2.45. The number of esters is 4. The van der Waals surface area contributed by atoms with Crippen molar-refractivity contribution in [1.29, 1.82) is 0 Å². The molecule has 19 heteroatoms. The third kappa shape index (κ3) is 66.0. The average Bonchev–Trinajstić information content (AvgIpc) is 1.48. The lowest BCUT2D eigenvalue weighted by Gasteiger charge is -2.21. The minimum Gasteiger partial charge on any atom is -0.462 e. The van der Waals surface area contributed by atoms with Crippen LogP contribution in [-0.2, 0) is 65.4 Å². The molecule has 0 saturated heterocycles. The molecule has 17 nitrogen and oxygen atoms in total. The Morgan fingerprint density at radius 2 is 0.511 bits per heavy atom. The number of hydrogen-bond donors (Lipinski definition) is 3. The molecule has 0 heterocycles. The van der Waals surface area contributed by atoms with E-state index in [9.17, 15) is 43.2 Å². The van der Waals surface area contributed by atoms with Gasteiger partial charge in [0, 0.05) is 25.7 Å². The highest BCUT2D eigenvalue weighted by atomic mass is 31.2. The van der Waals surface area contributed by atoms with E-state index in [2.05, 4.69) is 55.4 Å². The lowest BCUT2D eigenvalue weighted by molar-refractivity contribution is -0.161. The molecule has 0 amide bonds. The molecule has 0 spiro atoms. The standard InChI is InChI=1S/C75H146O17P2/c1-9-67(7)53-45-37-28-22-18-13-11-12-14-19-23-31-41-49-57-74(79)91-70(61-85-72(77)55-47-39-30-26-25-29-38-46-54-68(8)10-2)63-89-93(81,82)87-59-69(76)60-88-94(83,84)90-64-71(62-86-73(78)56-48-40-34-33-36-44-52-66(5)6)92-75(80)58-50-42-32-24-20-16-15-17-21-27-35-43-51-65(3)4/h65-71,76H,9-64H2,1-8H3,(H,81,82)(H,83,84)/t67?,68?,69-,70-,71-/m1/s1.